The molecule has 2 aromatic rings. The quantitative estimate of drug-likeness (QED) is 0.608. The highest BCUT2D eigenvalue weighted by Crippen LogP contribution is 2.20. The van der Waals surface area contributed by atoms with Crippen LogP contribution in [0.4, 0.5) is 11.4 Å². The zero-order valence-electron chi connectivity index (χ0n) is 11.1. The number of benzene rings is 1. The summed E-state index contributed by atoms with van der Waals surface area (Å²) in [5, 5.41) is 6.84. The van der Waals surface area contributed by atoms with E-state index < -0.39 is 0 Å². The van der Waals surface area contributed by atoms with Crippen molar-refractivity contribution in [2.75, 3.05) is 24.2 Å². The molecule has 0 unspecified atom stereocenters. The number of anilines is 2. The zero-order valence-corrected chi connectivity index (χ0v) is 11.1. The summed E-state index contributed by atoms with van der Waals surface area (Å²) in [5.74, 6) is 0.242. The van der Waals surface area contributed by atoms with Crippen molar-refractivity contribution in [2.24, 2.45) is 0 Å². The van der Waals surface area contributed by atoms with E-state index in [1.54, 1.807) is 25.1 Å². The molecule has 20 heavy (non-hydrogen) atoms. The van der Waals surface area contributed by atoms with E-state index in [1.165, 1.54) is 6.39 Å². The summed E-state index contributed by atoms with van der Waals surface area (Å²) in [6, 6.07) is 4.98. The second kappa shape index (κ2) is 6.55. The van der Waals surface area contributed by atoms with E-state index in [9.17, 15) is 4.79 Å². The lowest BCUT2D eigenvalue weighted by Crippen LogP contribution is -2.10. The lowest BCUT2D eigenvalue weighted by atomic mass is 10.1. The summed E-state index contributed by atoms with van der Waals surface area (Å²) < 4.78 is 9.59. The second-order valence-corrected chi connectivity index (χ2v) is 4.05. The van der Waals surface area contributed by atoms with Gasteiger partial charge in [0.1, 0.15) is 0 Å². The Balaban J connectivity index is 1.99. The van der Waals surface area contributed by atoms with Gasteiger partial charge in [-0.1, -0.05) is 5.16 Å². The number of nitrogen functional groups attached to an aromatic ring is 1. The average molecular weight is 276 g/mol. The topological polar surface area (TPSA) is 103 Å². The van der Waals surface area contributed by atoms with Crippen LogP contribution in [0, 0.1) is 0 Å². The molecule has 7 heteroatoms. The Bertz CT molecular complexity index is 569. The van der Waals surface area contributed by atoms with Crippen LogP contribution in [-0.4, -0.2) is 29.3 Å². The van der Waals surface area contributed by atoms with Crippen molar-refractivity contribution in [3.05, 3.63) is 36.0 Å². The van der Waals surface area contributed by atoms with Gasteiger partial charge in [0.2, 0.25) is 6.39 Å². The van der Waals surface area contributed by atoms with Gasteiger partial charge in [0.05, 0.1) is 23.5 Å². The standard InChI is InChI=1S/C13H16N4O3/c1-2-19-13(18)9-3-4-10(14)11(7-9)15-6-5-12-16-8-20-17-12/h3-4,7-8,15H,2,5-6,14H2,1H3. The largest absolute Gasteiger partial charge is 0.462 e. The van der Waals surface area contributed by atoms with Crippen LogP contribution in [-0.2, 0) is 11.2 Å². The van der Waals surface area contributed by atoms with Gasteiger partial charge in [0, 0.05) is 13.0 Å². The van der Waals surface area contributed by atoms with Crippen LogP contribution in [0.3, 0.4) is 0 Å². The summed E-state index contributed by atoms with van der Waals surface area (Å²) in [7, 11) is 0. The molecule has 3 N–H and O–H groups in total. The van der Waals surface area contributed by atoms with Crippen molar-refractivity contribution in [1.82, 2.24) is 10.1 Å². The third-order valence-electron chi connectivity index (χ3n) is 2.64. The molecule has 0 saturated carbocycles. The van der Waals surface area contributed by atoms with Gasteiger partial charge in [-0.3, -0.25) is 0 Å². The van der Waals surface area contributed by atoms with Gasteiger partial charge in [-0.15, -0.1) is 0 Å². The van der Waals surface area contributed by atoms with Crippen LogP contribution in [0.15, 0.2) is 29.1 Å². The van der Waals surface area contributed by atoms with Gasteiger partial charge in [0.15, 0.2) is 5.82 Å². The van der Waals surface area contributed by atoms with Crippen LogP contribution in [0.25, 0.3) is 0 Å². The number of nitrogens with zero attached hydrogens (tertiary/aromatic N) is 2. The maximum absolute atomic E-state index is 11.6. The van der Waals surface area contributed by atoms with Crippen LogP contribution in [0.5, 0.6) is 0 Å². The zero-order chi connectivity index (χ0) is 14.4. The lowest BCUT2D eigenvalue weighted by molar-refractivity contribution is 0.0526. The first-order valence-corrected chi connectivity index (χ1v) is 6.26. The molecule has 0 fully saturated rings. The van der Waals surface area contributed by atoms with E-state index in [0.717, 1.165) is 0 Å². The number of hydrogen-bond donors (Lipinski definition) is 2. The first-order chi connectivity index (χ1) is 9.70. The van der Waals surface area contributed by atoms with Crippen molar-refractivity contribution >= 4 is 17.3 Å². The van der Waals surface area contributed by atoms with Crippen LogP contribution in [0.2, 0.25) is 0 Å². The molecule has 0 aliphatic rings. The molecule has 0 radical (unpaired) electrons. The summed E-state index contributed by atoms with van der Waals surface area (Å²) in [6.45, 7) is 2.68. The highest BCUT2D eigenvalue weighted by atomic mass is 16.5. The molecular weight excluding hydrogens is 260 g/mol. The highest BCUT2D eigenvalue weighted by Gasteiger charge is 2.09. The lowest BCUT2D eigenvalue weighted by Gasteiger charge is -2.10. The van der Waals surface area contributed by atoms with Crippen molar-refractivity contribution in [3.63, 3.8) is 0 Å². The fourth-order valence-corrected chi connectivity index (χ4v) is 1.66. The van der Waals surface area contributed by atoms with Crippen LogP contribution < -0.4 is 11.1 Å². The summed E-state index contributed by atoms with van der Waals surface area (Å²) in [5.41, 5.74) is 7.56. The number of hydrogen-bond acceptors (Lipinski definition) is 7. The van der Waals surface area contributed by atoms with Gasteiger partial charge >= 0.3 is 5.97 Å². The van der Waals surface area contributed by atoms with Gasteiger partial charge in [-0.25, -0.2) is 4.79 Å². The van der Waals surface area contributed by atoms with Gasteiger partial charge < -0.3 is 20.3 Å². The fourth-order valence-electron chi connectivity index (χ4n) is 1.66. The Hall–Kier alpha value is -2.57. The second-order valence-electron chi connectivity index (χ2n) is 4.05. The Labute approximate surface area is 116 Å². The molecule has 1 aromatic carbocycles. The molecule has 2 rings (SSSR count). The molecule has 0 amide bonds. The van der Waals surface area contributed by atoms with E-state index in [-0.39, 0.29) is 5.97 Å². The Kier molecular flexibility index (Phi) is 4.54. The van der Waals surface area contributed by atoms with E-state index in [1.807, 2.05) is 0 Å². The van der Waals surface area contributed by atoms with Gasteiger partial charge in [-0.2, -0.15) is 4.98 Å². The number of nitrogens with one attached hydrogen (secondary N) is 1. The summed E-state index contributed by atoms with van der Waals surface area (Å²) >= 11 is 0. The first-order valence-electron chi connectivity index (χ1n) is 6.26. The number of ether oxygens (including phenoxy) is 1. The van der Waals surface area contributed by atoms with Gasteiger partial charge in [0.25, 0.3) is 0 Å². The Morgan fingerprint density at radius 1 is 1.50 bits per heavy atom. The first kappa shape index (κ1) is 13.9. The third kappa shape index (κ3) is 3.47. The van der Waals surface area contributed by atoms with E-state index >= 15 is 0 Å². The third-order valence-corrected chi connectivity index (χ3v) is 2.64. The van der Waals surface area contributed by atoms with Crippen molar-refractivity contribution in [3.8, 4) is 0 Å². The number of esters is 1. The van der Waals surface area contributed by atoms with Gasteiger partial charge in [-0.05, 0) is 25.1 Å². The molecular formula is C13H16N4O3. The molecule has 0 saturated heterocycles. The van der Waals surface area contributed by atoms with Crippen molar-refractivity contribution in [2.45, 2.75) is 13.3 Å². The molecule has 106 valence electrons. The number of rotatable bonds is 6. The minimum Gasteiger partial charge on any atom is -0.462 e. The summed E-state index contributed by atoms with van der Waals surface area (Å²) in [4.78, 5) is 15.6. The average Bonchev–Trinajstić information content (AvgIpc) is 2.94. The molecule has 0 aliphatic carbocycles. The normalized spacial score (nSPS) is 10.2. The number of carbonyl (C=O) groups is 1. The molecule has 0 bridgehead atoms. The Morgan fingerprint density at radius 3 is 3.05 bits per heavy atom. The molecule has 1 heterocycles. The number of carbonyl (C=O) groups excluding carboxylic acids is 1. The number of aromatic nitrogens is 2. The fraction of sp³-hybridized carbons (Fsp3) is 0.308. The molecule has 0 aliphatic heterocycles. The predicted octanol–water partition coefficient (Wildman–Crippen LogP) is 1.48. The van der Waals surface area contributed by atoms with E-state index in [2.05, 4.69) is 20.0 Å². The molecule has 0 atom stereocenters. The van der Waals surface area contributed by atoms with E-state index in [4.69, 9.17) is 10.5 Å². The van der Waals surface area contributed by atoms with Crippen LogP contribution in [0.1, 0.15) is 23.1 Å². The van der Waals surface area contributed by atoms with Crippen molar-refractivity contribution < 1.29 is 14.1 Å². The smallest absolute Gasteiger partial charge is 0.338 e. The highest BCUT2D eigenvalue weighted by molar-refractivity contribution is 5.92. The summed E-state index contributed by atoms with van der Waals surface area (Å²) in [6.07, 6.45) is 1.88. The molecule has 1 aromatic heterocycles. The SMILES string of the molecule is CCOC(=O)c1ccc(N)c(NCCc2ncon2)c1. The molecule has 0 spiro atoms. The predicted molar refractivity (Wildman–Crippen MR) is 73.3 cm³/mol. The number of nitrogens with two attached hydrogens (primary N) is 1. The monoisotopic (exact) mass is 276 g/mol. The van der Waals surface area contributed by atoms with Crippen LogP contribution >= 0.6 is 0 Å². The maximum atomic E-state index is 11.6. The van der Waals surface area contributed by atoms with Crippen molar-refractivity contribution in [1.29, 1.82) is 0 Å². The maximum Gasteiger partial charge on any atom is 0.338 e. The minimum absolute atomic E-state index is 0.337. The van der Waals surface area contributed by atoms with E-state index in [0.29, 0.717) is 42.3 Å². The molecule has 7 nitrogen and oxygen atoms in total. The minimum atomic E-state index is -0.367. The Morgan fingerprint density at radius 2 is 2.35 bits per heavy atom.